The van der Waals surface area contributed by atoms with Gasteiger partial charge in [-0.3, -0.25) is 4.57 Å². The number of halogens is 5. The van der Waals surface area contributed by atoms with Gasteiger partial charge in [-0.1, -0.05) is 44.9 Å². The quantitative estimate of drug-likeness (QED) is 0.285. The Bertz CT molecular complexity index is 341. The van der Waals surface area contributed by atoms with E-state index in [-0.39, 0.29) is 12.6 Å². The van der Waals surface area contributed by atoms with Crippen LogP contribution in [0.1, 0.15) is 64.2 Å². The fourth-order valence-electron chi connectivity index (χ4n) is 2.04. The summed E-state index contributed by atoms with van der Waals surface area (Å²) in [6.45, 7) is 0. The minimum absolute atomic E-state index is 0.111. The smallest absolute Gasteiger partial charge is 0.324 e. The standard InChI is InChI=1S/C13H24F5O3P/c14-12(15,13(16,17)18)10-8-6-4-2-1-3-5-7-9-11-22(19,20)21/h1-11H2,(H2,19,20,21). The zero-order valence-electron chi connectivity index (χ0n) is 12.4. The van der Waals surface area contributed by atoms with Crippen LogP contribution in [0.2, 0.25) is 0 Å². The molecular weight excluding hydrogens is 330 g/mol. The van der Waals surface area contributed by atoms with E-state index in [0.29, 0.717) is 19.3 Å². The molecule has 0 atom stereocenters. The topological polar surface area (TPSA) is 57.5 Å². The van der Waals surface area contributed by atoms with E-state index in [2.05, 4.69) is 0 Å². The lowest BCUT2D eigenvalue weighted by Crippen LogP contribution is -2.36. The van der Waals surface area contributed by atoms with E-state index >= 15 is 0 Å². The van der Waals surface area contributed by atoms with Crippen LogP contribution >= 0.6 is 7.60 Å². The van der Waals surface area contributed by atoms with E-state index in [1.165, 1.54) is 0 Å². The summed E-state index contributed by atoms with van der Waals surface area (Å²) in [7, 11) is -3.91. The number of rotatable bonds is 12. The van der Waals surface area contributed by atoms with Crippen LogP contribution in [0.15, 0.2) is 0 Å². The van der Waals surface area contributed by atoms with Gasteiger partial charge in [0.2, 0.25) is 0 Å². The molecule has 0 aliphatic heterocycles. The minimum Gasteiger partial charge on any atom is -0.324 e. The molecule has 9 heteroatoms. The van der Waals surface area contributed by atoms with Crippen molar-refractivity contribution in [2.75, 3.05) is 6.16 Å². The lowest BCUT2D eigenvalue weighted by atomic mass is 10.0. The molecule has 0 bridgehead atoms. The summed E-state index contributed by atoms with van der Waals surface area (Å²) in [5.41, 5.74) is 0. The van der Waals surface area contributed by atoms with Gasteiger partial charge in [-0.2, -0.15) is 22.0 Å². The maximum atomic E-state index is 12.6. The zero-order valence-corrected chi connectivity index (χ0v) is 13.3. The van der Waals surface area contributed by atoms with Crippen molar-refractivity contribution in [1.82, 2.24) is 0 Å². The molecule has 0 aromatic carbocycles. The molecule has 2 N–H and O–H groups in total. The first-order chi connectivity index (χ1) is 9.96. The zero-order chi connectivity index (χ0) is 17.3. The maximum absolute atomic E-state index is 12.6. The average molecular weight is 354 g/mol. The lowest BCUT2D eigenvalue weighted by Gasteiger charge is -2.19. The highest BCUT2D eigenvalue weighted by molar-refractivity contribution is 7.51. The Morgan fingerprint density at radius 1 is 0.682 bits per heavy atom. The Balaban J connectivity index is 3.40. The molecule has 0 rings (SSSR count). The van der Waals surface area contributed by atoms with Crippen LogP contribution in [0.25, 0.3) is 0 Å². The summed E-state index contributed by atoms with van der Waals surface area (Å²) in [6, 6.07) is 0. The van der Waals surface area contributed by atoms with Gasteiger partial charge < -0.3 is 9.79 Å². The molecule has 0 spiro atoms. The number of hydrogen-bond acceptors (Lipinski definition) is 1. The van der Waals surface area contributed by atoms with Crippen LogP contribution in [-0.2, 0) is 4.57 Å². The van der Waals surface area contributed by atoms with Gasteiger partial charge in [-0.15, -0.1) is 0 Å². The summed E-state index contributed by atoms with van der Waals surface area (Å²) in [5.74, 6) is -4.59. The molecule has 134 valence electrons. The largest absolute Gasteiger partial charge is 0.453 e. The first-order valence-electron chi connectivity index (χ1n) is 7.45. The van der Waals surface area contributed by atoms with Gasteiger partial charge in [0.25, 0.3) is 0 Å². The number of alkyl halides is 5. The van der Waals surface area contributed by atoms with Crippen molar-refractivity contribution in [3.63, 3.8) is 0 Å². The van der Waals surface area contributed by atoms with Crippen molar-refractivity contribution < 1.29 is 36.3 Å². The fraction of sp³-hybridized carbons (Fsp3) is 1.00. The molecule has 22 heavy (non-hydrogen) atoms. The molecule has 0 heterocycles. The summed E-state index contributed by atoms with van der Waals surface area (Å²) in [4.78, 5) is 17.3. The molecule has 0 saturated heterocycles. The maximum Gasteiger partial charge on any atom is 0.453 e. The third kappa shape index (κ3) is 11.4. The Morgan fingerprint density at radius 2 is 1.05 bits per heavy atom. The van der Waals surface area contributed by atoms with E-state index in [0.717, 1.165) is 32.1 Å². The van der Waals surface area contributed by atoms with Gasteiger partial charge in [-0.25, -0.2) is 0 Å². The molecule has 0 saturated carbocycles. The Kier molecular flexibility index (Phi) is 9.74. The van der Waals surface area contributed by atoms with Gasteiger partial charge >= 0.3 is 19.7 Å². The van der Waals surface area contributed by atoms with Gasteiger partial charge in [0, 0.05) is 12.6 Å². The van der Waals surface area contributed by atoms with Crippen LogP contribution in [0.3, 0.4) is 0 Å². The molecule has 0 unspecified atom stereocenters. The minimum atomic E-state index is -5.46. The van der Waals surface area contributed by atoms with E-state index in [9.17, 15) is 26.5 Å². The molecule has 3 nitrogen and oxygen atoms in total. The van der Waals surface area contributed by atoms with Crippen molar-refractivity contribution >= 4 is 7.60 Å². The van der Waals surface area contributed by atoms with E-state index in [1.54, 1.807) is 0 Å². The van der Waals surface area contributed by atoms with Crippen LogP contribution in [0, 0.1) is 0 Å². The van der Waals surface area contributed by atoms with Crippen molar-refractivity contribution in [1.29, 1.82) is 0 Å². The molecule has 0 radical (unpaired) electrons. The highest BCUT2D eigenvalue weighted by Crippen LogP contribution is 2.39. The van der Waals surface area contributed by atoms with E-state index in [1.807, 2.05) is 0 Å². The summed E-state index contributed by atoms with van der Waals surface area (Å²) >= 11 is 0. The molecule has 0 aromatic rings. The van der Waals surface area contributed by atoms with Gasteiger partial charge in [-0.05, 0) is 12.8 Å². The van der Waals surface area contributed by atoms with Gasteiger partial charge in [0.05, 0.1) is 0 Å². The van der Waals surface area contributed by atoms with Crippen molar-refractivity contribution in [2.24, 2.45) is 0 Å². The van der Waals surface area contributed by atoms with E-state index < -0.39 is 26.1 Å². The normalized spacial score (nSPS) is 13.6. The molecule has 0 amide bonds. The summed E-state index contributed by atoms with van der Waals surface area (Å²) in [6.07, 6.45) is -1.36. The summed E-state index contributed by atoms with van der Waals surface area (Å²) in [5, 5.41) is 0. The molecule has 0 fully saturated rings. The molecule has 0 aliphatic rings. The number of unbranched alkanes of at least 4 members (excludes halogenated alkanes) is 8. The lowest BCUT2D eigenvalue weighted by molar-refractivity contribution is -0.284. The van der Waals surface area contributed by atoms with Crippen LogP contribution in [-0.4, -0.2) is 28.0 Å². The van der Waals surface area contributed by atoms with Crippen LogP contribution in [0.4, 0.5) is 22.0 Å². The predicted octanol–water partition coefficient (Wildman–Crippen LogP) is 5.26. The monoisotopic (exact) mass is 354 g/mol. The highest BCUT2D eigenvalue weighted by atomic mass is 31.2. The van der Waals surface area contributed by atoms with Crippen molar-refractivity contribution in [3.8, 4) is 0 Å². The van der Waals surface area contributed by atoms with Crippen molar-refractivity contribution in [2.45, 2.75) is 76.3 Å². The third-order valence-electron chi connectivity index (χ3n) is 3.35. The predicted molar refractivity (Wildman–Crippen MR) is 74.1 cm³/mol. The van der Waals surface area contributed by atoms with Crippen LogP contribution < -0.4 is 0 Å². The second-order valence-corrected chi connectivity index (χ2v) is 7.30. The first-order valence-corrected chi connectivity index (χ1v) is 9.24. The molecular formula is C13H24F5O3P. The van der Waals surface area contributed by atoms with Gasteiger partial charge in [0.1, 0.15) is 0 Å². The summed E-state index contributed by atoms with van der Waals surface area (Å²) < 4.78 is 71.4. The van der Waals surface area contributed by atoms with Crippen molar-refractivity contribution in [3.05, 3.63) is 0 Å². The Hall–Kier alpha value is -0.200. The third-order valence-corrected chi connectivity index (χ3v) is 4.25. The Labute approximate surface area is 127 Å². The molecule has 0 aliphatic carbocycles. The van der Waals surface area contributed by atoms with E-state index in [4.69, 9.17) is 9.79 Å². The van der Waals surface area contributed by atoms with Crippen LogP contribution in [0.5, 0.6) is 0 Å². The SMILES string of the molecule is O=P(O)(O)CCCCCCCCCCCC(F)(F)C(F)(F)F. The number of hydrogen-bond donors (Lipinski definition) is 2. The second-order valence-electron chi connectivity index (χ2n) is 5.52. The second kappa shape index (κ2) is 9.83. The van der Waals surface area contributed by atoms with Gasteiger partial charge in [0.15, 0.2) is 0 Å². The highest BCUT2D eigenvalue weighted by Gasteiger charge is 2.56. The average Bonchev–Trinajstić information content (AvgIpc) is 2.33. The molecule has 0 aromatic heterocycles. The Morgan fingerprint density at radius 3 is 1.41 bits per heavy atom. The fourth-order valence-corrected chi connectivity index (χ4v) is 2.68. The first kappa shape index (κ1) is 21.8.